The molecule has 168 valence electrons. The van der Waals surface area contributed by atoms with Crippen LogP contribution in [-0.2, 0) is 6.42 Å². The minimum Gasteiger partial charge on any atom is -0.492 e. The molecule has 1 saturated heterocycles. The smallest absolute Gasteiger partial charge is 0.220 e. The Morgan fingerprint density at radius 2 is 2.00 bits per heavy atom. The third kappa shape index (κ3) is 4.12. The zero-order chi connectivity index (χ0) is 22.2. The van der Waals surface area contributed by atoms with Gasteiger partial charge < -0.3 is 20.5 Å². The van der Waals surface area contributed by atoms with E-state index in [1.165, 1.54) is 0 Å². The number of anilines is 1. The Balaban J connectivity index is 1.27. The molecule has 1 unspecified atom stereocenters. The SMILES string of the molecule is Nc1nccc(-c2ccc3nc(C4COc5cccc(OC6CCNCC6)c5C4)sc3c2)n1. The molecule has 2 aliphatic heterocycles. The molecule has 3 N–H and O–H groups in total. The molecule has 0 saturated carbocycles. The Labute approximate surface area is 196 Å². The molecule has 0 radical (unpaired) electrons. The molecule has 4 aromatic rings. The maximum Gasteiger partial charge on any atom is 0.220 e. The van der Waals surface area contributed by atoms with Crippen LogP contribution in [0.3, 0.4) is 0 Å². The minimum absolute atomic E-state index is 0.200. The van der Waals surface area contributed by atoms with Gasteiger partial charge in [-0.05, 0) is 62.7 Å². The lowest BCUT2D eigenvalue weighted by Crippen LogP contribution is -2.34. The predicted octanol–water partition coefficient (Wildman–Crippen LogP) is 4.19. The number of thiazole rings is 1. The number of ether oxygens (including phenoxy) is 2. The van der Waals surface area contributed by atoms with Gasteiger partial charge in [-0.25, -0.2) is 15.0 Å². The van der Waals surface area contributed by atoms with E-state index in [9.17, 15) is 0 Å². The summed E-state index contributed by atoms with van der Waals surface area (Å²) in [4.78, 5) is 13.3. The van der Waals surface area contributed by atoms with Gasteiger partial charge in [0.25, 0.3) is 0 Å². The Morgan fingerprint density at radius 1 is 1.09 bits per heavy atom. The summed E-state index contributed by atoms with van der Waals surface area (Å²) in [5.74, 6) is 2.36. The van der Waals surface area contributed by atoms with E-state index in [0.717, 1.165) is 75.9 Å². The summed E-state index contributed by atoms with van der Waals surface area (Å²) in [6, 6.07) is 14.2. The Hall–Kier alpha value is -3.23. The number of nitrogens with one attached hydrogen (secondary N) is 1. The molecule has 2 aromatic carbocycles. The number of benzene rings is 2. The van der Waals surface area contributed by atoms with E-state index in [1.54, 1.807) is 17.5 Å². The van der Waals surface area contributed by atoms with Gasteiger partial charge in [-0.15, -0.1) is 11.3 Å². The fraction of sp³-hybridized carbons (Fsp3) is 0.320. The number of piperidine rings is 1. The lowest BCUT2D eigenvalue weighted by atomic mass is 9.96. The van der Waals surface area contributed by atoms with Crippen LogP contribution in [0.4, 0.5) is 5.95 Å². The summed E-state index contributed by atoms with van der Waals surface area (Å²) in [5, 5.41) is 4.49. The second-order valence-electron chi connectivity index (χ2n) is 8.55. The van der Waals surface area contributed by atoms with Crippen molar-refractivity contribution in [3.8, 4) is 22.8 Å². The van der Waals surface area contributed by atoms with Crippen molar-refractivity contribution in [2.75, 3.05) is 25.4 Å². The average molecular weight is 460 g/mol. The first-order valence-corrected chi connectivity index (χ1v) is 12.2. The Bertz CT molecular complexity index is 1300. The fourth-order valence-electron chi connectivity index (χ4n) is 4.55. The van der Waals surface area contributed by atoms with Crippen LogP contribution in [0.25, 0.3) is 21.5 Å². The van der Waals surface area contributed by atoms with Gasteiger partial charge in [-0.2, -0.15) is 0 Å². The van der Waals surface area contributed by atoms with Gasteiger partial charge in [0.05, 0.1) is 22.5 Å². The zero-order valence-electron chi connectivity index (χ0n) is 18.2. The van der Waals surface area contributed by atoms with Crippen LogP contribution in [0, 0.1) is 0 Å². The predicted molar refractivity (Wildman–Crippen MR) is 130 cm³/mol. The van der Waals surface area contributed by atoms with Crippen LogP contribution < -0.4 is 20.5 Å². The summed E-state index contributed by atoms with van der Waals surface area (Å²) in [6.07, 6.45) is 4.87. The monoisotopic (exact) mass is 459 g/mol. The summed E-state index contributed by atoms with van der Waals surface area (Å²) in [7, 11) is 0. The highest BCUT2D eigenvalue weighted by Crippen LogP contribution is 2.40. The number of nitrogens with two attached hydrogens (primary N) is 1. The van der Waals surface area contributed by atoms with Crippen LogP contribution >= 0.6 is 11.3 Å². The average Bonchev–Trinajstić information content (AvgIpc) is 3.28. The summed E-state index contributed by atoms with van der Waals surface area (Å²) < 4.78 is 13.7. The lowest BCUT2D eigenvalue weighted by molar-refractivity contribution is 0.157. The van der Waals surface area contributed by atoms with E-state index in [2.05, 4.69) is 27.4 Å². The molecule has 0 bridgehead atoms. The summed E-state index contributed by atoms with van der Waals surface area (Å²) in [5.41, 5.74) is 9.73. The standard InChI is InChI=1S/C25H25N5O2S/c26-25-28-11-8-19(30-25)15-4-5-20-23(13-15)33-24(29-20)16-12-18-21(31-14-16)2-1-3-22(18)32-17-6-9-27-10-7-17/h1-5,8,11,13,16-17,27H,6-7,9-10,12,14H2,(H2,26,28,30). The fourth-order valence-corrected chi connectivity index (χ4v) is 5.64. The third-order valence-electron chi connectivity index (χ3n) is 6.28. The first-order valence-electron chi connectivity index (χ1n) is 11.3. The van der Waals surface area contributed by atoms with Gasteiger partial charge in [0.15, 0.2) is 0 Å². The highest BCUT2D eigenvalue weighted by Gasteiger charge is 2.28. The summed E-state index contributed by atoms with van der Waals surface area (Å²) >= 11 is 1.72. The highest BCUT2D eigenvalue weighted by atomic mass is 32.1. The lowest BCUT2D eigenvalue weighted by Gasteiger charge is -2.29. The number of nitrogen functional groups attached to an aromatic ring is 1. The number of aromatic nitrogens is 3. The molecule has 1 fully saturated rings. The van der Waals surface area contributed by atoms with Crippen LogP contribution in [0.5, 0.6) is 11.5 Å². The third-order valence-corrected chi connectivity index (χ3v) is 7.47. The van der Waals surface area contributed by atoms with E-state index in [1.807, 2.05) is 30.3 Å². The van der Waals surface area contributed by atoms with E-state index in [-0.39, 0.29) is 18.0 Å². The van der Waals surface area contributed by atoms with Crippen molar-refractivity contribution in [2.45, 2.75) is 31.3 Å². The van der Waals surface area contributed by atoms with Gasteiger partial charge in [0, 0.05) is 23.2 Å². The Kier molecular flexibility index (Phi) is 5.32. The first kappa shape index (κ1) is 20.4. The first-order chi connectivity index (χ1) is 16.2. The quantitative estimate of drug-likeness (QED) is 0.473. The molecule has 6 rings (SSSR count). The molecular formula is C25H25N5O2S. The molecule has 0 aliphatic carbocycles. The van der Waals surface area contributed by atoms with Gasteiger partial charge in [0.1, 0.15) is 22.6 Å². The van der Waals surface area contributed by atoms with Gasteiger partial charge >= 0.3 is 0 Å². The largest absolute Gasteiger partial charge is 0.492 e. The van der Waals surface area contributed by atoms with Crippen LogP contribution in [-0.4, -0.2) is 40.8 Å². The number of fused-ring (bicyclic) bond motifs is 2. The topological polar surface area (TPSA) is 95.2 Å². The molecule has 4 heterocycles. The van der Waals surface area contributed by atoms with Crippen LogP contribution in [0.15, 0.2) is 48.7 Å². The normalized spacial score (nSPS) is 18.6. The molecule has 33 heavy (non-hydrogen) atoms. The maximum atomic E-state index is 6.41. The molecule has 0 amide bonds. The van der Waals surface area contributed by atoms with E-state index < -0.39 is 0 Å². The zero-order valence-corrected chi connectivity index (χ0v) is 19.0. The molecule has 0 spiro atoms. The van der Waals surface area contributed by atoms with E-state index in [0.29, 0.717) is 6.61 Å². The van der Waals surface area contributed by atoms with Gasteiger partial charge in [-0.1, -0.05) is 12.1 Å². The number of hydrogen-bond donors (Lipinski definition) is 2. The highest BCUT2D eigenvalue weighted by molar-refractivity contribution is 7.18. The van der Waals surface area contributed by atoms with Crippen molar-refractivity contribution in [1.82, 2.24) is 20.3 Å². The molecule has 2 aliphatic rings. The molecule has 2 aromatic heterocycles. The second-order valence-corrected chi connectivity index (χ2v) is 9.61. The van der Waals surface area contributed by atoms with Gasteiger partial charge in [0.2, 0.25) is 5.95 Å². The van der Waals surface area contributed by atoms with Crippen molar-refractivity contribution in [2.24, 2.45) is 0 Å². The van der Waals surface area contributed by atoms with Gasteiger partial charge in [-0.3, -0.25) is 0 Å². The van der Waals surface area contributed by atoms with Crippen molar-refractivity contribution in [3.63, 3.8) is 0 Å². The maximum absolute atomic E-state index is 6.41. The van der Waals surface area contributed by atoms with Crippen LogP contribution in [0.1, 0.15) is 29.3 Å². The van der Waals surface area contributed by atoms with E-state index >= 15 is 0 Å². The van der Waals surface area contributed by atoms with Crippen molar-refractivity contribution in [1.29, 1.82) is 0 Å². The molecule has 1 atom stereocenters. The summed E-state index contributed by atoms with van der Waals surface area (Å²) in [6.45, 7) is 2.64. The Morgan fingerprint density at radius 3 is 2.88 bits per heavy atom. The molecule has 8 heteroatoms. The minimum atomic E-state index is 0.200. The number of hydrogen-bond acceptors (Lipinski definition) is 8. The van der Waals surface area contributed by atoms with Crippen LogP contribution in [0.2, 0.25) is 0 Å². The second kappa shape index (κ2) is 8.61. The number of rotatable bonds is 4. The van der Waals surface area contributed by atoms with Crippen molar-refractivity contribution in [3.05, 3.63) is 59.2 Å². The molecule has 7 nitrogen and oxygen atoms in total. The van der Waals surface area contributed by atoms with Crippen molar-refractivity contribution < 1.29 is 9.47 Å². The van der Waals surface area contributed by atoms with E-state index in [4.69, 9.17) is 20.2 Å². The number of nitrogens with zero attached hydrogens (tertiary/aromatic N) is 3. The van der Waals surface area contributed by atoms with Crippen molar-refractivity contribution >= 4 is 27.5 Å². The molecular weight excluding hydrogens is 434 g/mol.